The lowest BCUT2D eigenvalue weighted by Crippen LogP contribution is -2.46. The molecule has 1 aromatic heterocycles. The minimum absolute atomic E-state index is 0.176. The van der Waals surface area contributed by atoms with Crippen LogP contribution < -0.4 is 5.73 Å². The van der Waals surface area contributed by atoms with Gasteiger partial charge in [0.2, 0.25) is 0 Å². The van der Waals surface area contributed by atoms with Crippen LogP contribution in [0.5, 0.6) is 0 Å². The molecule has 3 N–H and O–H groups in total. The van der Waals surface area contributed by atoms with Gasteiger partial charge in [0.1, 0.15) is 18.6 Å². The van der Waals surface area contributed by atoms with Crippen molar-refractivity contribution >= 4 is 5.57 Å². The Kier molecular flexibility index (Phi) is 4.52. The highest BCUT2D eigenvalue weighted by Gasteiger charge is 2.35. The molecule has 0 radical (unpaired) electrons. The zero-order valence-corrected chi connectivity index (χ0v) is 13.7. The van der Waals surface area contributed by atoms with Gasteiger partial charge in [-0.05, 0) is 39.2 Å². The van der Waals surface area contributed by atoms with Gasteiger partial charge in [0.15, 0.2) is 0 Å². The molecule has 3 heterocycles. The number of H-pyrrole nitrogens is 1. The van der Waals surface area contributed by atoms with Gasteiger partial charge >= 0.3 is 0 Å². The highest BCUT2D eigenvalue weighted by atomic mass is 16.5. The molecule has 22 heavy (non-hydrogen) atoms. The van der Waals surface area contributed by atoms with Gasteiger partial charge in [-0.2, -0.15) is 0 Å². The first-order chi connectivity index (χ1) is 10.6. The van der Waals surface area contributed by atoms with Gasteiger partial charge in [0.05, 0.1) is 11.4 Å². The van der Waals surface area contributed by atoms with E-state index < -0.39 is 0 Å². The van der Waals surface area contributed by atoms with Gasteiger partial charge in [0, 0.05) is 31.6 Å². The molecule has 122 valence electrons. The minimum Gasteiger partial charge on any atom is -0.381 e. The molecular formula is C16H26N4O2. The highest BCUT2D eigenvalue weighted by Crippen LogP contribution is 2.38. The Morgan fingerprint density at radius 2 is 2.09 bits per heavy atom. The average Bonchev–Trinajstić information content (AvgIpc) is 2.97. The molecule has 6 nitrogen and oxygen atoms in total. The normalized spacial score (nSPS) is 23.1. The molecule has 1 fully saturated rings. The zero-order chi connectivity index (χ0) is 15.7. The third kappa shape index (κ3) is 2.66. The number of hydrogen-bond acceptors (Lipinski definition) is 5. The van der Waals surface area contributed by atoms with Crippen LogP contribution in [0.4, 0.5) is 0 Å². The van der Waals surface area contributed by atoms with Gasteiger partial charge in [-0.25, -0.2) is 4.98 Å². The number of allylic oxidation sites excluding steroid dienone is 2. The number of fused-ring (bicyclic) bond motifs is 1. The molecule has 1 aromatic rings. The predicted molar refractivity (Wildman–Crippen MR) is 84.8 cm³/mol. The summed E-state index contributed by atoms with van der Waals surface area (Å²) in [5.74, 6) is 0.850. The first-order valence-corrected chi connectivity index (χ1v) is 8.09. The van der Waals surface area contributed by atoms with Crippen LogP contribution in [-0.4, -0.2) is 40.7 Å². The molecule has 0 amide bonds. The fourth-order valence-corrected chi connectivity index (χ4v) is 3.38. The summed E-state index contributed by atoms with van der Waals surface area (Å²) in [5.41, 5.74) is 11.0. The van der Waals surface area contributed by atoms with E-state index in [1.165, 1.54) is 11.3 Å². The maximum Gasteiger partial charge on any atom is 0.133 e. The van der Waals surface area contributed by atoms with Crippen molar-refractivity contribution in [2.24, 2.45) is 5.73 Å². The van der Waals surface area contributed by atoms with Crippen LogP contribution in [-0.2, 0) is 16.1 Å². The van der Waals surface area contributed by atoms with E-state index in [2.05, 4.69) is 28.7 Å². The number of aromatic nitrogens is 2. The van der Waals surface area contributed by atoms with Gasteiger partial charge < -0.3 is 25.1 Å². The molecule has 6 heteroatoms. The molecule has 1 unspecified atom stereocenters. The maximum atomic E-state index is 6.55. The molecule has 2 aliphatic heterocycles. The van der Waals surface area contributed by atoms with E-state index in [1.54, 1.807) is 0 Å². The largest absolute Gasteiger partial charge is 0.381 e. The molecule has 0 saturated carbocycles. The van der Waals surface area contributed by atoms with E-state index in [0.717, 1.165) is 43.3 Å². The number of nitrogens with one attached hydrogen (secondary N) is 1. The average molecular weight is 306 g/mol. The number of aromatic amines is 1. The topological polar surface area (TPSA) is 76.4 Å². The molecule has 2 aliphatic rings. The summed E-state index contributed by atoms with van der Waals surface area (Å²) in [6, 6.07) is 0.436. The lowest BCUT2D eigenvalue weighted by molar-refractivity contribution is 0.0312. The molecule has 1 atom stereocenters. The zero-order valence-electron chi connectivity index (χ0n) is 13.7. The molecule has 0 aromatic carbocycles. The lowest BCUT2D eigenvalue weighted by Gasteiger charge is -2.43. The van der Waals surface area contributed by atoms with E-state index >= 15 is 0 Å². The van der Waals surface area contributed by atoms with Crippen molar-refractivity contribution in [2.75, 3.05) is 19.8 Å². The van der Waals surface area contributed by atoms with Crippen molar-refractivity contribution in [1.82, 2.24) is 14.9 Å². The van der Waals surface area contributed by atoms with Gasteiger partial charge in [0.25, 0.3) is 0 Å². The summed E-state index contributed by atoms with van der Waals surface area (Å²) in [4.78, 5) is 10.4. The van der Waals surface area contributed by atoms with Crippen molar-refractivity contribution in [3.05, 3.63) is 22.9 Å². The lowest BCUT2D eigenvalue weighted by atomic mass is 9.97. The highest BCUT2D eigenvalue weighted by molar-refractivity contribution is 5.68. The van der Waals surface area contributed by atoms with Crippen molar-refractivity contribution in [3.8, 4) is 0 Å². The second-order valence-electron chi connectivity index (χ2n) is 5.99. The molecule has 1 saturated heterocycles. The Hall–Kier alpha value is -1.37. The number of hydrogen-bond donors (Lipinski definition) is 2. The summed E-state index contributed by atoms with van der Waals surface area (Å²) < 4.78 is 10.9. The number of nitrogens with two attached hydrogens (primary N) is 1. The van der Waals surface area contributed by atoms with Gasteiger partial charge in [-0.15, -0.1) is 0 Å². The Balaban J connectivity index is 1.90. The second kappa shape index (κ2) is 6.40. The van der Waals surface area contributed by atoms with Crippen molar-refractivity contribution in [2.45, 2.75) is 52.4 Å². The SMILES string of the molecule is CCOCc1nc2c([nH]1)C(N)N(C1CCOCC1)C(C)=C2C. The molecule has 0 bridgehead atoms. The molecule has 3 rings (SSSR count). The number of nitrogens with zero attached hydrogens (tertiary/aromatic N) is 2. The predicted octanol–water partition coefficient (Wildman–Crippen LogP) is 2.15. The number of imidazole rings is 1. The Morgan fingerprint density at radius 3 is 2.77 bits per heavy atom. The summed E-state index contributed by atoms with van der Waals surface area (Å²) in [6.45, 7) is 9.05. The van der Waals surface area contributed by atoms with Crippen molar-refractivity contribution in [3.63, 3.8) is 0 Å². The van der Waals surface area contributed by atoms with Crippen LogP contribution in [0.2, 0.25) is 0 Å². The Morgan fingerprint density at radius 1 is 1.36 bits per heavy atom. The van der Waals surface area contributed by atoms with E-state index in [0.29, 0.717) is 19.3 Å². The Labute approximate surface area is 131 Å². The Bertz CT molecular complexity index is 560. The smallest absolute Gasteiger partial charge is 0.133 e. The standard InChI is InChI=1S/C16H26N4O2/c1-4-21-9-13-18-14-10(2)11(3)20(16(17)15(14)19-13)12-5-7-22-8-6-12/h12,16H,4-9,17H2,1-3H3,(H,18,19). The number of ether oxygens (including phenoxy) is 2. The quantitative estimate of drug-likeness (QED) is 0.891. The van der Waals surface area contributed by atoms with Crippen LogP contribution in [0.25, 0.3) is 5.57 Å². The van der Waals surface area contributed by atoms with Crippen LogP contribution in [0.3, 0.4) is 0 Å². The minimum atomic E-state index is -0.176. The third-order valence-corrected chi connectivity index (χ3v) is 4.69. The fourth-order valence-electron chi connectivity index (χ4n) is 3.38. The van der Waals surface area contributed by atoms with Gasteiger partial charge in [-0.1, -0.05) is 0 Å². The van der Waals surface area contributed by atoms with Crippen molar-refractivity contribution < 1.29 is 9.47 Å². The molecular weight excluding hydrogens is 280 g/mol. The van der Waals surface area contributed by atoms with Crippen LogP contribution >= 0.6 is 0 Å². The fraction of sp³-hybridized carbons (Fsp3) is 0.688. The molecule has 0 aliphatic carbocycles. The summed E-state index contributed by atoms with van der Waals surface area (Å²) in [7, 11) is 0. The molecule has 0 spiro atoms. The second-order valence-corrected chi connectivity index (χ2v) is 5.99. The van der Waals surface area contributed by atoms with E-state index in [1.807, 2.05) is 6.92 Å². The van der Waals surface area contributed by atoms with Crippen LogP contribution in [0.1, 0.15) is 57.0 Å². The van der Waals surface area contributed by atoms with Crippen molar-refractivity contribution in [1.29, 1.82) is 0 Å². The van der Waals surface area contributed by atoms with Crippen LogP contribution in [0.15, 0.2) is 5.70 Å². The number of rotatable bonds is 4. The summed E-state index contributed by atoms with van der Waals surface area (Å²) in [6.07, 6.45) is 1.87. The maximum absolute atomic E-state index is 6.55. The van der Waals surface area contributed by atoms with Crippen LogP contribution in [0, 0.1) is 0 Å². The van der Waals surface area contributed by atoms with E-state index in [9.17, 15) is 0 Å². The first-order valence-electron chi connectivity index (χ1n) is 8.09. The van der Waals surface area contributed by atoms with E-state index in [4.69, 9.17) is 15.2 Å². The summed E-state index contributed by atoms with van der Waals surface area (Å²) >= 11 is 0. The van der Waals surface area contributed by atoms with E-state index in [-0.39, 0.29) is 6.17 Å². The third-order valence-electron chi connectivity index (χ3n) is 4.69. The first kappa shape index (κ1) is 15.5. The van der Waals surface area contributed by atoms with Gasteiger partial charge in [-0.3, -0.25) is 0 Å². The summed E-state index contributed by atoms with van der Waals surface area (Å²) in [5, 5.41) is 0. The monoisotopic (exact) mass is 306 g/mol.